The van der Waals surface area contributed by atoms with Crippen LogP contribution in [-0.2, 0) is 0 Å². The molecule has 4 N–H and O–H groups in total. The number of nitrogens with one attached hydrogen (secondary N) is 1. The summed E-state index contributed by atoms with van der Waals surface area (Å²) in [6.07, 6.45) is 8.04. The van der Waals surface area contributed by atoms with Gasteiger partial charge in [0.2, 0.25) is 0 Å². The maximum atomic E-state index is 9.12. The van der Waals surface area contributed by atoms with Crippen molar-refractivity contribution in [2.24, 2.45) is 11.1 Å². The molecule has 0 saturated heterocycles. The van der Waals surface area contributed by atoms with Gasteiger partial charge in [0.05, 0.1) is 0 Å². The standard InChI is InChI=1S/C15H32N2O/c1-4-13(6-11-18)17-15(12-16)8-5-7-14(2,3)9-10-15/h13,17-18H,4-12,16H2,1-3H3. The van der Waals surface area contributed by atoms with Crippen molar-refractivity contribution in [2.45, 2.75) is 77.3 Å². The number of hydrogen-bond donors (Lipinski definition) is 3. The van der Waals surface area contributed by atoms with Gasteiger partial charge in [-0.2, -0.15) is 0 Å². The molecule has 18 heavy (non-hydrogen) atoms. The zero-order chi connectivity index (χ0) is 13.6. The van der Waals surface area contributed by atoms with Crippen molar-refractivity contribution < 1.29 is 5.11 Å². The highest BCUT2D eigenvalue weighted by Gasteiger charge is 2.35. The molecule has 0 aromatic heterocycles. The Hall–Kier alpha value is -0.120. The number of aliphatic hydroxyl groups excluding tert-OH is 1. The third-order valence-corrected chi connectivity index (χ3v) is 4.66. The van der Waals surface area contributed by atoms with Gasteiger partial charge in [-0.15, -0.1) is 0 Å². The van der Waals surface area contributed by atoms with Crippen molar-refractivity contribution in [3.8, 4) is 0 Å². The number of rotatable bonds is 6. The van der Waals surface area contributed by atoms with E-state index in [9.17, 15) is 0 Å². The summed E-state index contributed by atoms with van der Waals surface area (Å²) >= 11 is 0. The molecule has 0 aliphatic heterocycles. The number of aliphatic hydroxyl groups is 1. The molecule has 0 heterocycles. The van der Waals surface area contributed by atoms with Crippen LogP contribution in [0.1, 0.15) is 65.7 Å². The Balaban J connectivity index is 2.66. The van der Waals surface area contributed by atoms with E-state index in [0.717, 1.165) is 12.8 Å². The monoisotopic (exact) mass is 256 g/mol. The third-order valence-electron chi connectivity index (χ3n) is 4.66. The smallest absolute Gasteiger partial charge is 0.0445 e. The summed E-state index contributed by atoms with van der Waals surface area (Å²) in [6, 6.07) is 0.403. The topological polar surface area (TPSA) is 58.3 Å². The first-order valence-electron chi connectivity index (χ1n) is 7.55. The van der Waals surface area contributed by atoms with E-state index in [0.29, 0.717) is 18.0 Å². The molecular weight excluding hydrogens is 224 g/mol. The predicted octanol–water partition coefficient (Wildman–Crippen LogP) is 2.42. The Bertz CT molecular complexity index is 243. The minimum Gasteiger partial charge on any atom is -0.396 e. The zero-order valence-corrected chi connectivity index (χ0v) is 12.5. The highest BCUT2D eigenvalue weighted by atomic mass is 16.3. The van der Waals surface area contributed by atoms with Crippen LogP contribution in [0.4, 0.5) is 0 Å². The van der Waals surface area contributed by atoms with E-state index in [4.69, 9.17) is 10.8 Å². The number of hydrogen-bond acceptors (Lipinski definition) is 3. The lowest BCUT2D eigenvalue weighted by atomic mass is 9.83. The van der Waals surface area contributed by atoms with E-state index in [-0.39, 0.29) is 12.1 Å². The van der Waals surface area contributed by atoms with Gasteiger partial charge in [0.15, 0.2) is 0 Å². The molecule has 0 amide bonds. The second-order valence-corrected chi connectivity index (χ2v) is 6.76. The van der Waals surface area contributed by atoms with E-state index in [1.807, 2.05) is 0 Å². The summed E-state index contributed by atoms with van der Waals surface area (Å²) < 4.78 is 0. The predicted molar refractivity (Wildman–Crippen MR) is 77.6 cm³/mol. The quantitative estimate of drug-likeness (QED) is 0.640. The fourth-order valence-corrected chi connectivity index (χ4v) is 3.11. The molecule has 3 heteroatoms. The summed E-state index contributed by atoms with van der Waals surface area (Å²) in [5, 5.41) is 12.9. The fourth-order valence-electron chi connectivity index (χ4n) is 3.11. The maximum absolute atomic E-state index is 9.12. The second kappa shape index (κ2) is 6.88. The van der Waals surface area contributed by atoms with Gasteiger partial charge < -0.3 is 16.2 Å². The molecule has 2 atom stereocenters. The van der Waals surface area contributed by atoms with Gasteiger partial charge in [-0.05, 0) is 43.9 Å². The van der Waals surface area contributed by atoms with Gasteiger partial charge in [0, 0.05) is 24.7 Å². The van der Waals surface area contributed by atoms with Crippen molar-refractivity contribution in [1.82, 2.24) is 5.32 Å². The van der Waals surface area contributed by atoms with Crippen LogP contribution in [-0.4, -0.2) is 29.8 Å². The molecule has 1 saturated carbocycles. The van der Waals surface area contributed by atoms with E-state index >= 15 is 0 Å². The molecule has 1 aliphatic carbocycles. The molecule has 1 rings (SSSR count). The number of nitrogens with two attached hydrogens (primary N) is 1. The molecule has 0 radical (unpaired) electrons. The summed E-state index contributed by atoms with van der Waals surface area (Å²) in [5.41, 5.74) is 6.63. The average molecular weight is 256 g/mol. The van der Waals surface area contributed by atoms with Gasteiger partial charge in [-0.25, -0.2) is 0 Å². The van der Waals surface area contributed by atoms with Crippen LogP contribution < -0.4 is 11.1 Å². The van der Waals surface area contributed by atoms with Gasteiger partial charge in [-0.3, -0.25) is 0 Å². The zero-order valence-electron chi connectivity index (χ0n) is 12.5. The van der Waals surface area contributed by atoms with Gasteiger partial charge in [-0.1, -0.05) is 27.2 Å². The summed E-state index contributed by atoms with van der Waals surface area (Å²) in [6.45, 7) is 7.89. The van der Waals surface area contributed by atoms with Crippen LogP contribution in [0.25, 0.3) is 0 Å². The highest BCUT2D eigenvalue weighted by molar-refractivity contribution is 4.95. The Labute approximate surface area is 113 Å². The van der Waals surface area contributed by atoms with Crippen molar-refractivity contribution in [1.29, 1.82) is 0 Å². The van der Waals surface area contributed by atoms with E-state index in [1.54, 1.807) is 0 Å². The van der Waals surface area contributed by atoms with Crippen molar-refractivity contribution in [2.75, 3.05) is 13.2 Å². The van der Waals surface area contributed by atoms with Crippen molar-refractivity contribution in [3.05, 3.63) is 0 Å². The average Bonchev–Trinajstić information content (AvgIpc) is 2.49. The lowest BCUT2D eigenvalue weighted by Crippen LogP contribution is -2.55. The van der Waals surface area contributed by atoms with Crippen LogP contribution in [0.2, 0.25) is 0 Å². The van der Waals surface area contributed by atoms with E-state index in [2.05, 4.69) is 26.1 Å². The van der Waals surface area contributed by atoms with E-state index < -0.39 is 0 Å². The molecule has 0 spiro atoms. The highest BCUT2D eigenvalue weighted by Crippen LogP contribution is 2.38. The van der Waals surface area contributed by atoms with Gasteiger partial charge >= 0.3 is 0 Å². The van der Waals surface area contributed by atoms with Crippen molar-refractivity contribution >= 4 is 0 Å². The molecule has 0 aromatic carbocycles. The summed E-state index contributed by atoms with van der Waals surface area (Å²) in [4.78, 5) is 0. The minimum absolute atomic E-state index is 0.101. The largest absolute Gasteiger partial charge is 0.396 e. The molecule has 0 aromatic rings. The Morgan fingerprint density at radius 1 is 1.22 bits per heavy atom. The molecule has 1 aliphatic rings. The minimum atomic E-state index is 0.101. The summed E-state index contributed by atoms with van der Waals surface area (Å²) in [5.74, 6) is 0. The second-order valence-electron chi connectivity index (χ2n) is 6.76. The van der Waals surface area contributed by atoms with Crippen LogP contribution in [0.3, 0.4) is 0 Å². The normalized spacial score (nSPS) is 29.8. The molecular formula is C15H32N2O. The fraction of sp³-hybridized carbons (Fsp3) is 1.00. The molecule has 108 valence electrons. The van der Waals surface area contributed by atoms with Gasteiger partial charge in [0.25, 0.3) is 0 Å². The molecule has 1 fully saturated rings. The first kappa shape index (κ1) is 15.9. The summed E-state index contributed by atoms with van der Waals surface area (Å²) in [7, 11) is 0. The lowest BCUT2D eigenvalue weighted by Gasteiger charge is -2.37. The third kappa shape index (κ3) is 4.52. The Morgan fingerprint density at radius 2 is 1.94 bits per heavy atom. The Morgan fingerprint density at radius 3 is 2.50 bits per heavy atom. The molecule has 3 nitrogen and oxygen atoms in total. The first-order valence-corrected chi connectivity index (χ1v) is 7.55. The van der Waals surface area contributed by atoms with Crippen LogP contribution >= 0.6 is 0 Å². The molecule has 2 unspecified atom stereocenters. The first-order chi connectivity index (χ1) is 8.47. The lowest BCUT2D eigenvalue weighted by molar-refractivity contribution is 0.206. The SMILES string of the molecule is CCC(CCO)NC1(CN)CCCC(C)(C)CC1. The Kier molecular flexibility index (Phi) is 6.09. The van der Waals surface area contributed by atoms with E-state index in [1.165, 1.54) is 32.1 Å². The van der Waals surface area contributed by atoms with Crippen LogP contribution in [0.5, 0.6) is 0 Å². The van der Waals surface area contributed by atoms with Crippen LogP contribution in [0, 0.1) is 5.41 Å². The van der Waals surface area contributed by atoms with Gasteiger partial charge in [0.1, 0.15) is 0 Å². The van der Waals surface area contributed by atoms with Crippen molar-refractivity contribution in [3.63, 3.8) is 0 Å². The maximum Gasteiger partial charge on any atom is 0.0445 e. The van der Waals surface area contributed by atoms with Crippen LogP contribution in [0.15, 0.2) is 0 Å². The molecule has 0 bridgehead atoms.